The summed E-state index contributed by atoms with van der Waals surface area (Å²) < 4.78 is 14.3. The van der Waals surface area contributed by atoms with Crippen molar-refractivity contribution in [2.75, 3.05) is 12.0 Å². The van der Waals surface area contributed by atoms with Crippen molar-refractivity contribution in [3.63, 3.8) is 0 Å². The van der Waals surface area contributed by atoms with Gasteiger partial charge in [-0.15, -0.1) is 11.6 Å². The number of imidazole rings is 1. The largest absolute Gasteiger partial charge is 0.326 e. The Morgan fingerprint density at radius 2 is 2.28 bits per heavy atom. The van der Waals surface area contributed by atoms with Crippen LogP contribution < -0.4 is 0 Å². The molecule has 0 aliphatic carbocycles. The number of alkyl halides is 1. The summed E-state index contributed by atoms with van der Waals surface area (Å²) in [6.07, 6.45) is 1.71. The number of halogens is 2. The molecule has 0 amide bonds. The predicted molar refractivity (Wildman–Crippen MR) is 80.6 cm³/mol. The van der Waals surface area contributed by atoms with Gasteiger partial charge in [0, 0.05) is 33.8 Å². The number of fused-ring (bicyclic) bond motifs is 1. The fourth-order valence-electron chi connectivity index (χ4n) is 1.88. The van der Waals surface area contributed by atoms with Gasteiger partial charge in [-0.25, -0.2) is 4.98 Å². The molecule has 98 valence electrons. The minimum atomic E-state index is -0.820. The Morgan fingerprint density at radius 3 is 2.89 bits per heavy atom. The number of aryl methyl sites for hydroxylation is 1. The smallest absolute Gasteiger partial charge is 0.127 e. The summed E-state index contributed by atoms with van der Waals surface area (Å²) in [7, 11) is -0.820. The highest BCUT2D eigenvalue weighted by atomic mass is 79.9. The van der Waals surface area contributed by atoms with Crippen molar-refractivity contribution < 1.29 is 4.21 Å². The van der Waals surface area contributed by atoms with E-state index in [4.69, 9.17) is 11.6 Å². The second-order valence-electron chi connectivity index (χ2n) is 4.15. The van der Waals surface area contributed by atoms with Crippen molar-refractivity contribution in [2.24, 2.45) is 0 Å². The molecular formula is C12H14BrClN2OS. The van der Waals surface area contributed by atoms with Gasteiger partial charge < -0.3 is 4.57 Å². The quantitative estimate of drug-likeness (QED) is 0.792. The first-order chi connectivity index (χ1) is 8.49. The third-order valence-electron chi connectivity index (χ3n) is 2.70. The second kappa shape index (κ2) is 5.72. The summed E-state index contributed by atoms with van der Waals surface area (Å²) in [6, 6.07) is 5.96. The molecular weight excluding hydrogens is 336 g/mol. The maximum Gasteiger partial charge on any atom is 0.127 e. The first-order valence-corrected chi connectivity index (χ1v) is 8.54. The van der Waals surface area contributed by atoms with Crippen molar-refractivity contribution in [1.29, 1.82) is 0 Å². The van der Waals surface area contributed by atoms with Crippen LogP contribution in [-0.4, -0.2) is 25.8 Å². The number of rotatable bonds is 4. The van der Waals surface area contributed by atoms with E-state index in [9.17, 15) is 4.21 Å². The highest BCUT2D eigenvalue weighted by molar-refractivity contribution is 9.10. The number of hydrogen-bond donors (Lipinski definition) is 0. The molecule has 6 heteroatoms. The average molecular weight is 350 g/mol. The molecule has 0 bridgehead atoms. The second-order valence-corrected chi connectivity index (χ2v) is 7.27. The standard InChI is InChI=1S/C12H14BrClN2OS/c1-8(14)12-15-10-7-9(13)3-4-11(10)16(12)5-6-18(2)17/h3-4,7-8H,5-6H2,1-2H3. The molecule has 2 unspecified atom stereocenters. The lowest BCUT2D eigenvalue weighted by Crippen LogP contribution is -2.10. The van der Waals surface area contributed by atoms with Crippen LogP contribution in [0.4, 0.5) is 0 Å². The van der Waals surface area contributed by atoms with E-state index in [1.807, 2.05) is 25.1 Å². The summed E-state index contributed by atoms with van der Waals surface area (Å²) in [5.74, 6) is 1.44. The number of nitrogens with zero attached hydrogens (tertiary/aromatic N) is 2. The summed E-state index contributed by atoms with van der Waals surface area (Å²) in [5, 5.41) is -0.165. The van der Waals surface area contributed by atoms with E-state index in [2.05, 4.69) is 25.5 Å². The van der Waals surface area contributed by atoms with E-state index in [0.717, 1.165) is 21.3 Å². The molecule has 0 spiro atoms. The molecule has 0 N–H and O–H groups in total. The van der Waals surface area contributed by atoms with Gasteiger partial charge in [-0.1, -0.05) is 15.9 Å². The monoisotopic (exact) mass is 348 g/mol. The van der Waals surface area contributed by atoms with Gasteiger partial charge in [0.15, 0.2) is 0 Å². The van der Waals surface area contributed by atoms with Crippen molar-refractivity contribution in [1.82, 2.24) is 9.55 Å². The minimum absolute atomic E-state index is 0.165. The Balaban J connectivity index is 2.52. The van der Waals surface area contributed by atoms with E-state index >= 15 is 0 Å². The lowest BCUT2D eigenvalue weighted by Gasteiger charge is -2.09. The molecule has 0 radical (unpaired) electrons. The topological polar surface area (TPSA) is 34.9 Å². The van der Waals surface area contributed by atoms with Gasteiger partial charge >= 0.3 is 0 Å². The number of benzene rings is 1. The summed E-state index contributed by atoms with van der Waals surface area (Å²) in [6.45, 7) is 2.57. The first-order valence-electron chi connectivity index (χ1n) is 5.59. The van der Waals surface area contributed by atoms with Crippen LogP contribution in [-0.2, 0) is 17.3 Å². The molecule has 1 aromatic heterocycles. The van der Waals surface area contributed by atoms with Crippen LogP contribution in [0.25, 0.3) is 11.0 Å². The zero-order valence-corrected chi connectivity index (χ0v) is 13.3. The normalized spacial score (nSPS) is 14.9. The van der Waals surface area contributed by atoms with Gasteiger partial charge in [-0.2, -0.15) is 0 Å². The number of aromatic nitrogens is 2. The van der Waals surface area contributed by atoms with Gasteiger partial charge in [-0.3, -0.25) is 4.21 Å². The van der Waals surface area contributed by atoms with Gasteiger partial charge in [0.25, 0.3) is 0 Å². The molecule has 0 saturated carbocycles. The van der Waals surface area contributed by atoms with E-state index in [1.165, 1.54) is 0 Å². The lowest BCUT2D eigenvalue weighted by atomic mass is 10.3. The van der Waals surface area contributed by atoms with E-state index in [0.29, 0.717) is 12.3 Å². The van der Waals surface area contributed by atoms with Crippen molar-refractivity contribution in [2.45, 2.75) is 18.8 Å². The summed E-state index contributed by atoms with van der Waals surface area (Å²) in [5.41, 5.74) is 1.94. The third-order valence-corrected chi connectivity index (χ3v) is 4.14. The van der Waals surface area contributed by atoms with E-state index in [-0.39, 0.29) is 5.38 Å². The molecule has 2 rings (SSSR count). The molecule has 2 atom stereocenters. The van der Waals surface area contributed by atoms with E-state index < -0.39 is 10.8 Å². The summed E-state index contributed by atoms with van der Waals surface area (Å²) >= 11 is 9.60. The Kier molecular flexibility index (Phi) is 4.45. The third kappa shape index (κ3) is 2.95. The molecule has 0 aliphatic rings. The highest BCUT2D eigenvalue weighted by Gasteiger charge is 2.15. The Morgan fingerprint density at radius 1 is 1.56 bits per heavy atom. The molecule has 0 saturated heterocycles. The Hall–Kier alpha value is -0.390. The van der Waals surface area contributed by atoms with Gasteiger partial charge in [-0.05, 0) is 25.1 Å². The Labute approximate surface area is 122 Å². The van der Waals surface area contributed by atoms with Crippen LogP contribution in [0.5, 0.6) is 0 Å². The van der Waals surface area contributed by atoms with Gasteiger partial charge in [0.2, 0.25) is 0 Å². The fourth-order valence-corrected chi connectivity index (χ4v) is 2.84. The van der Waals surface area contributed by atoms with Gasteiger partial charge in [0.05, 0.1) is 16.4 Å². The average Bonchev–Trinajstić information content (AvgIpc) is 2.64. The zero-order chi connectivity index (χ0) is 13.3. The van der Waals surface area contributed by atoms with Crippen molar-refractivity contribution in [3.8, 4) is 0 Å². The maximum absolute atomic E-state index is 11.2. The fraction of sp³-hybridized carbons (Fsp3) is 0.417. The molecule has 2 aromatic rings. The number of hydrogen-bond acceptors (Lipinski definition) is 2. The minimum Gasteiger partial charge on any atom is -0.326 e. The van der Waals surface area contributed by atoms with Crippen molar-refractivity contribution in [3.05, 3.63) is 28.5 Å². The molecule has 0 aliphatic heterocycles. The van der Waals surface area contributed by atoms with Crippen LogP contribution >= 0.6 is 27.5 Å². The molecule has 3 nitrogen and oxygen atoms in total. The molecule has 1 aromatic carbocycles. The van der Waals surface area contributed by atoms with Crippen molar-refractivity contribution >= 4 is 49.4 Å². The van der Waals surface area contributed by atoms with Crippen LogP contribution in [0.3, 0.4) is 0 Å². The van der Waals surface area contributed by atoms with E-state index in [1.54, 1.807) is 6.26 Å². The SMILES string of the molecule is CC(Cl)c1nc2cc(Br)ccc2n1CCS(C)=O. The van der Waals surface area contributed by atoms with Crippen LogP contribution in [0.1, 0.15) is 18.1 Å². The predicted octanol–water partition coefficient (Wildman–Crippen LogP) is 3.48. The van der Waals surface area contributed by atoms with Crippen LogP contribution in [0.2, 0.25) is 0 Å². The van der Waals surface area contributed by atoms with Gasteiger partial charge in [0.1, 0.15) is 5.82 Å². The Bertz CT molecular complexity index is 597. The summed E-state index contributed by atoms with van der Waals surface area (Å²) in [4.78, 5) is 4.55. The highest BCUT2D eigenvalue weighted by Crippen LogP contribution is 2.26. The zero-order valence-electron chi connectivity index (χ0n) is 10.2. The molecule has 18 heavy (non-hydrogen) atoms. The first kappa shape index (κ1) is 14.0. The van der Waals surface area contributed by atoms with Crippen LogP contribution in [0.15, 0.2) is 22.7 Å². The lowest BCUT2D eigenvalue weighted by molar-refractivity contribution is 0.672. The maximum atomic E-state index is 11.2. The molecule has 1 heterocycles. The van der Waals surface area contributed by atoms with Crippen LogP contribution in [0, 0.1) is 0 Å². The molecule has 0 fully saturated rings.